The van der Waals surface area contributed by atoms with Gasteiger partial charge in [0.2, 0.25) is 0 Å². The van der Waals surface area contributed by atoms with Gasteiger partial charge in [0.05, 0.1) is 5.52 Å². The Balaban J connectivity index is 1.98. The lowest BCUT2D eigenvalue weighted by molar-refractivity contribution is 0.295. The first kappa shape index (κ1) is 17.0. The van der Waals surface area contributed by atoms with Gasteiger partial charge in [-0.3, -0.25) is 0 Å². The van der Waals surface area contributed by atoms with Crippen LogP contribution in [0.2, 0.25) is 5.15 Å². The second kappa shape index (κ2) is 8.35. The summed E-state index contributed by atoms with van der Waals surface area (Å²) in [4.78, 5) is 6.83. The van der Waals surface area contributed by atoms with E-state index in [-0.39, 0.29) is 0 Å². The first-order chi connectivity index (χ1) is 10.6. The molecule has 1 aromatic heterocycles. The largest absolute Gasteiger partial charge is 0.382 e. The zero-order chi connectivity index (χ0) is 15.9. The monoisotopic (exact) mass is 319 g/mol. The van der Waals surface area contributed by atoms with Crippen molar-refractivity contribution >= 4 is 28.2 Å². The van der Waals surface area contributed by atoms with E-state index in [2.05, 4.69) is 42.0 Å². The van der Waals surface area contributed by atoms with E-state index < -0.39 is 0 Å². The van der Waals surface area contributed by atoms with Crippen LogP contribution in [0.1, 0.15) is 33.6 Å². The molecule has 1 N–H and O–H groups in total. The number of benzene rings is 1. The maximum Gasteiger partial charge on any atom is 0.131 e. The van der Waals surface area contributed by atoms with Gasteiger partial charge in [0.1, 0.15) is 5.15 Å². The number of aromatic nitrogens is 1. The van der Waals surface area contributed by atoms with Crippen LogP contribution in [-0.2, 0) is 0 Å². The third-order valence-electron chi connectivity index (χ3n) is 4.09. The molecule has 0 spiro atoms. The molecule has 120 valence electrons. The van der Waals surface area contributed by atoms with Gasteiger partial charge in [0, 0.05) is 17.1 Å². The van der Waals surface area contributed by atoms with Crippen LogP contribution in [0.25, 0.3) is 10.9 Å². The number of rotatable bonds is 8. The normalized spacial score (nSPS) is 12.8. The second-order valence-corrected chi connectivity index (χ2v) is 6.11. The molecule has 0 aliphatic carbocycles. The van der Waals surface area contributed by atoms with Crippen LogP contribution in [0.5, 0.6) is 0 Å². The molecule has 0 aliphatic rings. The average Bonchev–Trinajstić information content (AvgIpc) is 2.51. The van der Waals surface area contributed by atoms with Crippen molar-refractivity contribution < 1.29 is 0 Å². The highest BCUT2D eigenvalue weighted by Gasteiger charge is 2.08. The van der Waals surface area contributed by atoms with Gasteiger partial charge in [-0.25, -0.2) is 4.98 Å². The van der Waals surface area contributed by atoms with Gasteiger partial charge >= 0.3 is 0 Å². The molecule has 2 rings (SSSR count). The highest BCUT2D eigenvalue weighted by molar-refractivity contribution is 6.30. The molecular formula is C18H26ClN3. The van der Waals surface area contributed by atoms with E-state index in [1.165, 1.54) is 6.42 Å². The molecule has 2 aromatic rings. The Hall–Kier alpha value is -1.32. The van der Waals surface area contributed by atoms with Crippen molar-refractivity contribution in [2.45, 2.75) is 39.7 Å². The minimum absolute atomic E-state index is 0.414. The van der Waals surface area contributed by atoms with E-state index in [1.807, 2.05) is 24.3 Å². The Morgan fingerprint density at radius 3 is 2.68 bits per heavy atom. The van der Waals surface area contributed by atoms with Gasteiger partial charge in [-0.1, -0.05) is 43.6 Å². The van der Waals surface area contributed by atoms with E-state index in [4.69, 9.17) is 11.6 Å². The van der Waals surface area contributed by atoms with Crippen LogP contribution >= 0.6 is 11.6 Å². The number of hydrogen-bond donors (Lipinski definition) is 1. The van der Waals surface area contributed by atoms with Crippen molar-refractivity contribution in [1.82, 2.24) is 9.88 Å². The van der Waals surface area contributed by atoms with E-state index >= 15 is 0 Å². The van der Waals surface area contributed by atoms with Gasteiger partial charge in [-0.2, -0.15) is 0 Å². The van der Waals surface area contributed by atoms with Crippen LogP contribution in [0.3, 0.4) is 0 Å². The number of para-hydroxylation sites is 1. The molecule has 0 fully saturated rings. The molecule has 0 unspecified atom stereocenters. The molecule has 0 amide bonds. The summed E-state index contributed by atoms with van der Waals surface area (Å²) in [7, 11) is 0. The number of nitrogens with one attached hydrogen (secondary N) is 1. The lowest BCUT2D eigenvalue weighted by atomic mass is 10.1. The summed E-state index contributed by atoms with van der Waals surface area (Å²) in [5.74, 6) is 0. The number of halogens is 1. The molecule has 0 saturated heterocycles. The van der Waals surface area contributed by atoms with Crippen LogP contribution in [0, 0.1) is 0 Å². The van der Waals surface area contributed by atoms with Crippen molar-refractivity contribution in [3.63, 3.8) is 0 Å². The first-order valence-electron chi connectivity index (χ1n) is 8.18. The molecule has 1 atom stereocenters. The van der Waals surface area contributed by atoms with Crippen molar-refractivity contribution in [3.05, 3.63) is 35.5 Å². The predicted molar refractivity (Wildman–Crippen MR) is 96.9 cm³/mol. The molecule has 0 bridgehead atoms. The molecule has 0 saturated carbocycles. The molecule has 1 heterocycles. The molecule has 1 aromatic carbocycles. The summed E-state index contributed by atoms with van der Waals surface area (Å²) in [6, 6.07) is 10.4. The number of nitrogens with zero attached hydrogens (tertiary/aromatic N) is 2. The van der Waals surface area contributed by atoms with Gasteiger partial charge in [0.25, 0.3) is 0 Å². The Kier molecular flexibility index (Phi) is 6.47. The van der Waals surface area contributed by atoms with E-state index in [1.54, 1.807) is 0 Å². The van der Waals surface area contributed by atoms with Crippen LogP contribution in [-0.4, -0.2) is 35.6 Å². The Bertz CT molecular complexity index is 596. The number of anilines is 1. The molecule has 0 aliphatic heterocycles. The van der Waals surface area contributed by atoms with Gasteiger partial charge in [-0.05, 0) is 51.5 Å². The van der Waals surface area contributed by atoms with Crippen LogP contribution in [0.4, 0.5) is 5.69 Å². The topological polar surface area (TPSA) is 28.2 Å². The summed E-state index contributed by atoms with van der Waals surface area (Å²) in [6.07, 6.45) is 2.34. The Morgan fingerprint density at radius 2 is 1.95 bits per heavy atom. The van der Waals surface area contributed by atoms with Gasteiger partial charge in [-0.15, -0.1) is 0 Å². The highest BCUT2D eigenvalue weighted by atomic mass is 35.5. The van der Waals surface area contributed by atoms with E-state index in [0.717, 1.165) is 42.6 Å². The fraction of sp³-hybridized carbons (Fsp3) is 0.500. The highest BCUT2D eigenvalue weighted by Crippen LogP contribution is 2.26. The lowest BCUT2D eigenvalue weighted by Crippen LogP contribution is -2.25. The quantitative estimate of drug-likeness (QED) is 0.708. The Morgan fingerprint density at radius 1 is 1.23 bits per heavy atom. The number of hydrogen-bond acceptors (Lipinski definition) is 3. The minimum Gasteiger partial charge on any atom is -0.382 e. The van der Waals surface area contributed by atoms with Crippen LogP contribution in [0.15, 0.2) is 30.3 Å². The van der Waals surface area contributed by atoms with Crippen molar-refractivity contribution in [1.29, 1.82) is 0 Å². The Labute approximate surface area is 138 Å². The smallest absolute Gasteiger partial charge is 0.131 e. The SMILES string of the molecule is CCN(CC)CCC[C@@H](C)Nc1cc(Cl)nc2ccccc12. The maximum atomic E-state index is 6.13. The fourth-order valence-corrected chi connectivity index (χ4v) is 2.96. The summed E-state index contributed by atoms with van der Waals surface area (Å²) >= 11 is 6.13. The van der Waals surface area contributed by atoms with Crippen LogP contribution < -0.4 is 5.32 Å². The number of fused-ring (bicyclic) bond motifs is 1. The minimum atomic E-state index is 0.414. The standard InChI is InChI=1S/C18H26ClN3/c1-4-22(5-2)12-8-9-14(3)20-17-13-18(19)21-16-11-7-6-10-15(16)17/h6-7,10-11,13-14H,4-5,8-9,12H2,1-3H3,(H,20,21)/t14-/m1/s1. The molecule has 22 heavy (non-hydrogen) atoms. The summed E-state index contributed by atoms with van der Waals surface area (Å²) in [6.45, 7) is 10.1. The summed E-state index contributed by atoms with van der Waals surface area (Å²) in [5.41, 5.74) is 2.01. The number of pyridine rings is 1. The molecule has 0 radical (unpaired) electrons. The zero-order valence-corrected chi connectivity index (χ0v) is 14.5. The van der Waals surface area contributed by atoms with E-state index in [9.17, 15) is 0 Å². The molecular weight excluding hydrogens is 294 g/mol. The zero-order valence-electron chi connectivity index (χ0n) is 13.8. The summed E-state index contributed by atoms with van der Waals surface area (Å²) < 4.78 is 0. The van der Waals surface area contributed by atoms with Gasteiger partial charge in [0.15, 0.2) is 0 Å². The van der Waals surface area contributed by atoms with Crippen molar-refractivity contribution in [2.75, 3.05) is 25.0 Å². The lowest BCUT2D eigenvalue weighted by Gasteiger charge is -2.21. The van der Waals surface area contributed by atoms with E-state index in [0.29, 0.717) is 11.2 Å². The van der Waals surface area contributed by atoms with Crippen molar-refractivity contribution in [3.8, 4) is 0 Å². The van der Waals surface area contributed by atoms with Crippen molar-refractivity contribution in [2.24, 2.45) is 0 Å². The molecule has 3 nitrogen and oxygen atoms in total. The third-order valence-corrected chi connectivity index (χ3v) is 4.29. The average molecular weight is 320 g/mol. The third kappa shape index (κ3) is 4.59. The fourth-order valence-electron chi connectivity index (χ4n) is 2.76. The second-order valence-electron chi connectivity index (χ2n) is 5.72. The first-order valence-corrected chi connectivity index (χ1v) is 8.56. The van der Waals surface area contributed by atoms with Gasteiger partial charge < -0.3 is 10.2 Å². The maximum absolute atomic E-state index is 6.13. The summed E-state index contributed by atoms with van der Waals surface area (Å²) in [5, 5.41) is 5.26. The molecule has 4 heteroatoms. The predicted octanol–water partition coefficient (Wildman–Crippen LogP) is 4.81.